The predicted octanol–water partition coefficient (Wildman–Crippen LogP) is 5.19. The molecule has 0 heterocycles. The van der Waals surface area contributed by atoms with Crippen molar-refractivity contribution >= 4 is 11.6 Å². The standard InChI is InChI=1S/C16H22ClF/c1-2-4-12-7-8-16(17)14(9-12)10-13-5-3-6-15(18)11-13/h3,5-6,11-12,14,16H,2,4,7-10H2,1H3. The van der Waals surface area contributed by atoms with Crippen molar-refractivity contribution in [1.29, 1.82) is 0 Å². The molecule has 0 N–H and O–H groups in total. The van der Waals surface area contributed by atoms with Crippen LogP contribution in [0, 0.1) is 17.7 Å². The Balaban J connectivity index is 1.98. The summed E-state index contributed by atoms with van der Waals surface area (Å²) in [7, 11) is 0. The van der Waals surface area contributed by atoms with E-state index in [4.69, 9.17) is 11.6 Å². The highest BCUT2D eigenvalue weighted by atomic mass is 35.5. The molecular formula is C16H22ClF. The summed E-state index contributed by atoms with van der Waals surface area (Å²) in [5, 5.41) is 0.265. The molecule has 1 aliphatic carbocycles. The highest BCUT2D eigenvalue weighted by Crippen LogP contribution is 2.36. The van der Waals surface area contributed by atoms with Crippen LogP contribution in [0.4, 0.5) is 4.39 Å². The quantitative estimate of drug-likeness (QED) is 0.659. The first-order valence-corrected chi connectivity index (χ1v) is 7.51. The Bertz CT molecular complexity index is 377. The lowest BCUT2D eigenvalue weighted by Gasteiger charge is -2.33. The van der Waals surface area contributed by atoms with Crippen LogP contribution in [-0.2, 0) is 6.42 Å². The molecule has 0 radical (unpaired) electrons. The van der Waals surface area contributed by atoms with Crippen molar-refractivity contribution in [3.8, 4) is 0 Å². The van der Waals surface area contributed by atoms with E-state index >= 15 is 0 Å². The van der Waals surface area contributed by atoms with Gasteiger partial charge in [0.05, 0.1) is 0 Å². The molecule has 0 amide bonds. The van der Waals surface area contributed by atoms with E-state index in [1.54, 1.807) is 12.1 Å². The molecule has 18 heavy (non-hydrogen) atoms. The van der Waals surface area contributed by atoms with Crippen LogP contribution in [0.2, 0.25) is 0 Å². The third-order valence-corrected chi connectivity index (χ3v) is 4.66. The Hall–Kier alpha value is -0.560. The first kappa shape index (κ1) is 13.9. The van der Waals surface area contributed by atoms with E-state index in [1.165, 1.54) is 31.7 Å². The van der Waals surface area contributed by atoms with Crippen molar-refractivity contribution in [2.45, 2.75) is 50.8 Å². The molecule has 100 valence electrons. The molecule has 0 aromatic heterocycles. The van der Waals surface area contributed by atoms with Gasteiger partial charge in [-0.25, -0.2) is 4.39 Å². The van der Waals surface area contributed by atoms with E-state index in [9.17, 15) is 4.39 Å². The van der Waals surface area contributed by atoms with Crippen molar-refractivity contribution in [2.75, 3.05) is 0 Å². The number of rotatable bonds is 4. The molecule has 0 nitrogen and oxygen atoms in total. The minimum Gasteiger partial charge on any atom is -0.207 e. The van der Waals surface area contributed by atoms with Gasteiger partial charge >= 0.3 is 0 Å². The van der Waals surface area contributed by atoms with Crippen LogP contribution in [0.5, 0.6) is 0 Å². The van der Waals surface area contributed by atoms with Crippen LogP contribution in [0.15, 0.2) is 24.3 Å². The SMILES string of the molecule is CCCC1CCC(Cl)C(Cc2cccc(F)c2)C1. The Labute approximate surface area is 115 Å². The summed E-state index contributed by atoms with van der Waals surface area (Å²) >= 11 is 6.44. The normalized spacial score (nSPS) is 28.3. The second kappa shape index (κ2) is 6.56. The number of benzene rings is 1. The summed E-state index contributed by atoms with van der Waals surface area (Å²) < 4.78 is 13.2. The van der Waals surface area contributed by atoms with E-state index in [0.717, 1.165) is 24.3 Å². The maximum absolute atomic E-state index is 13.2. The van der Waals surface area contributed by atoms with Gasteiger partial charge in [-0.1, -0.05) is 31.9 Å². The third kappa shape index (κ3) is 3.71. The monoisotopic (exact) mass is 268 g/mol. The Morgan fingerprint density at radius 1 is 1.33 bits per heavy atom. The maximum Gasteiger partial charge on any atom is 0.123 e. The molecule has 0 bridgehead atoms. The fraction of sp³-hybridized carbons (Fsp3) is 0.625. The molecule has 1 fully saturated rings. The molecule has 0 aliphatic heterocycles. The number of alkyl halides is 1. The average molecular weight is 269 g/mol. The summed E-state index contributed by atoms with van der Waals surface area (Å²) in [4.78, 5) is 0. The fourth-order valence-corrected chi connectivity index (χ4v) is 3.49. The summed E-state index contributed by atoms with van der Waals surface area (Å²) in [6.45, 7) is 2.24. The van der Waals surface area contributed by atoms with Crippen LogP contribution < -0.4 is 0 Å². The van der Waals surface area contributed by atoms with E-state index in [0.29, 0.717) is 5.92 Å². The molecule has 3 atom stereocenters. The van der Waals surface area contributed by atoms with Crippen molar-refractivity contribution in [2.24, 2.45) is 11.8 Å². The molecule has 3 unspecified atom stereocenters. The minimum atomic E-state index is -0.139. The van der Waals surface area contributed by atoms with Crippen molar-refractivity contribution < 1.29 is 4.39 Å². The second-order valence-electron chi connectivity index (χ2n) is 5.58. The van der Waals surface area contributed by atoms with Crippen LogP contribution in [0.3, 0.4) is 0 Å². The molecular weight excluding hydrogens is 247 g/mol. The summed E-state index contributed by atoms with van der Waals surface area (Å²) in [6.07, 6.45) is 7.08. The topological polar surface area (TPSA) is 0 Å². The zero-order valence-corrected chi connectivity index (χ0v) is 11.8. The van der Waals surface area contributed by atoms with Gasteiger partial charge in [-0.2, -0.15) is 0 Å². The Morgan fingerprint density at radius 3 is 2.89 bits per heavy atom. The summed E-state index contributed by atoms with van der Waals surface area (Å²) in [5.41, 5.74) is 1.09. The van der Waals surface area contributed by atoms with E-state index in [1.807, 2.05) is 6.07 Å². The average Bonchev–Trinajstić information content (AvgIpc) is 2.34. The number of halogens is 2. The van der Waals surface area contributed by atoms with E-state index in [2.05, 4.69) is 6.92 Å². The lowest BCUT2D eigenvalue weighted by Crippen LogP contribution is -2.27. The zero-order valence-electron chi connectivity index (χ0n) is 11.0. The molecule has 0 saturated heterocycles. The van der Waals surface area contributed by atoms with Gasteiger partial charge in [0.2, 0.25) is 0 Å². The molecule has 1 saturated carbocycles. The summed E-state index contributed by atoms with van der Waals surface area (Å²) in [5.74, 6) is 1.20. The zero-order chi connectivity index (χ0) is 13.0. The van der Waals surface area contributed by atoms with Crippen LogP contribution in [0.25, 0.3) is 0 Å². The Kier molecular flexibility index (Phi) is 5.05. The van der Waals surface area contributed by atoms with Gasteiger partial charge in [0.1, 0.15) is 5.82 Å². The van der Waals surface area contributed by atoms with E-state index < -0.39 is 0 Å². The van der Waals surface area contributed by atoms with Gasteiger partial charge in [0.15, 0.2) is 0 Å². The van der Waals surface area contributed by atoms with Crippen molar-refractivity contribution in [1.82, 2.24) is 0 Å². The fourth-order valence-electron chi connectivity index (χ4n) is 3.17. The molecule has 2 rings (SSSR count). The largest absolute Gasteiger partial charge is 0.207 e. The lowest BCUT2D eigenvalue weighted by molar-refractivity contribution is 0.257. The van der Waals surface area contributed by atoms with Gasteiger partial charge < -0.3 is 0 Å². The molecule has 1 aromatic rings. The first-order valence-electron chi connectivity index (χ1n) is 7.07. The molecule has 1 aliphatic rings. The smallest absolute Gasteiger partial charge is 0.123 e. The van der Waals surface area contributed by atoms with Gasteiger partial charge in [0, 0.05) is 5.38 Å². The van der Waals surface area contributed by atoms with Gasteiger partial charge in [-0.15, -0.1) is 11.6 Å². The van der Waals surface area contributed by atoms with Gasteiger partial charge in [-0.3, -0.25) is 0 Å². The van der Waals surface area contributed by atoms with Crippen LogP contribution >= 0.6 is 11.6 Å². The first-order chi connectivity index (χ1) is 8.69. The Morgan fingerprint density at radius 2 is 2.17 bits per heavy atom. The highest BCUT2D eigenvalue weighted by molar-refractivity contribution is 6.20. The second-order valence-corrected chi connectivity index (χ2v) is 6.14. The minimum absolute atomic E-state index is 0.139. The maximum atomic E-state index is 13.2. The van der Waals surface area contributed by atoms with Crippen molar-refractivity contribution in [3.63, 3.8) is 0 Å². The van der Waals surface area contributed by atoms with E-state index in [-0.39, 0.29) is 11.2 Å². The third-order valence-electron chi connectivity index (χ3n) is 4.08. The van der Waals surface area contributed by atoms with Crippen molar-refractivity contribution in [3.05, 3.63) is 35.6 Å². The summed E-state index contributed by atoms with van der Waals surface area (Å²) in [6, 6.07) is 6.95. The molecule has 1 aromatic carbocycles. The van der Waals surface area contributed by atoms with Crippen LogP contribution in [0.1, 0.15) is 44.6 Å². The number of hydrogen-bond donors (Lipinski definition) is 0. The molecule has 0 spiro atoms. The van der Waals surface area contributed by atoms with Gasteiger partial charge in [-0.05, 0) is 55.2 Å². The van der Waals surface area contributed by atoms with Gasteiger partial charge in [0.25, 0.3) is 0 Å². The lowest BCUT2D eigenvalue weighted by atomic mass is 9.76. The highest BCUT2D eigenvalue weighted by Gasteiger charge is 2.28. The predicted molar refractivity (Wildman–Crippen MR) is 75.5 cm³/mol. The number of hydrogen-bond acceptors (Lipinski definition) is 0. The van der Waals surface area contributed by atoms with Crippen LogP contribution in [-0.4, -0.2) is 5.38 Å². The molecule has 2 heteroatoms.